The Morgan fingerprint density at radius 2 is 2.22 bits per heavy atom. The summed E-state index contributed by atoms with van der Waals surface area (Å²) in [6.07, 6.45) is 2.26. The highest BCUT2D eigenvalue weighted by molar-refractivity contribution is 8.00. The Bertz CT molecular complexity index is 390. The predicted octanol–water partition coefficient (Wildman–Crippen LogP) is 2.21. The lowest BCUT2D eigenvalue weighted by atomic mass is 10.2. The van der Waals surface area contributed by atoms with Gasteiger partial charge in [-0.25, -0.2) is 4.39 Å². The van der Waals surface area contributed by atoms with Gasteiger partial charge >= 0.3 is 0 Å². The Balaban J connectivity index is 1.66. The number of hydrogen-bond acceptors (Lipinski definition) is 3. The molecule has 0 bridgehead atoms. The molecule has 0 radical (unpaired) electrons. The highest BCUT2D eigenvalue weighted by Crippen LogP contribution is 2.17. The van der Waals surface area contributed by atoms with Crippen molar-refractivity contribution in [2.75, 3.05) is 18.9 Å². The molecular weight excluding hydrogens is 253 g/mol. The Labute approximate surface area is 110 Å². The van der Waals surface area contributed by atoms with Crippen molar-refractivity contribution in [3.63, 3.8) is 0 Å². The van der Waals surface area contributed by atoms with Crippen LogP contribution in [0.15, 0.2) is 29.2 Å². The summed E-state index contributed by atoms with van der Waals surface area (Å²) in [5, 5.41) is 2.85. The first-order valence-corrected chi connectivity index (χ1v) is 6.99. The third kappa shape index (κ3) is 4.31. The summed E-state index contributed by atoms with van der Waals surface area (Å²) >= 11 is 1.40. The molecule has 1 aromatic carbocycles. The average molecular weight is 269 g/mol. The molecule has 1 N–H and O–H groups in total. The van der Waals surface area contributed by atoms with Crippen LogP contribution in [0.25, 0.3) is 0 Å². The van der Waals surface area contributed by atoms with Gasteiger partial charge in [0.15, 0.2) is 0 Å². The van der Waals surface area contributed by atoms with Crippen LogP contribution in [-0.2, 0) is 9.53 Å². The summed E-state index contributed by atoms with van der Waals surface area (Å²) in [6, 6.07) is 6.14. The van der Waals surface area contributed by atoms with Crippen LogP contribution in [0, 0.1) is 5.82 Å². The fourth-order valence-electron chi connectivity index (χ4n) is 1.76. The molecule has 0 saturated carbocycles. The summed E-state index contributed by atoms with van der Waals surface area (Å²) in [5.41, 5.74) is 0. The molecule has 1 saturated heterocycles. The van der Waals surface area contributed by atoms with Crippen LogP contribution < -0.4 is 5.32 Å². The number of ether oxygens (including phenoxy) is 1. The van der Waals surface area contributed by atoms with E-state index in [1.165, 1.54) is 23.9 Å². The molecule has 1 aromatic rings. The quantitative estimate of drug-likeness (QED) is 0.833. The second-order valence-electron chi connectivity index (χ2n) is 4.18. The van der Waals surface area contributed by atoms with Crippen LogP contribution in [0.5, 0.6) is 0 Å². The van der Waals surface area contributed by atoms with Crippen molar-refractivity contribution in [3.05, 3.63) is 30.1 Å². The normalized spacial score (nSPS) is 18.8. The van der Waals surface area contributed by atoms with Gasteiger partial charge in [0, 0.05) is 18.0 Å². The maximum Gasteiger partial charge on any atom is 0.230 e. The van der Waals surface area contributed by atoms with Crippen molar-refractivity contribution in [2.45, 2.75) is 23.8 Å². The topological polar surface area (TPSA) is 38.3 Å². The fraction of sp³-hybridized carbons (Fsp3) is 0.462. The zero-order valence-corrected chi connectivity index (χ0v) is 10.8. The molecule has 98 valence electrons. The maximum atomic E-state index is 12.7. The number of carbonyl (C=O) groups excluding carboxylic acids is 1. The molecule has 18 heavy (non-hydrogen) atoms. The van der Waals surface area contributed by atoms with Crippen molar-refractivity contribution >= 4 is 17.7 Å². The summed E-state index contributed by atoms with van der Waals surface area (Å²) in [5.74, 6) is 0.0697. The third-order valence-electron chi connectivity index (χ3n) is 2.73. The van der Waals surface area contributed by atoms with Gasteiger partial charge in [-0.2, -0.15) is 0 Å². The third-order valence-corrected chi connectivity index (χ3v) is 3.75. The van der Waals surface area contributed by atoms with E-state index in [2.05, 4.69) is 5.32 Å². The van der Waals surface area contributed by atoms with Crippen LogP contribution in [-0.4, -0.2) is 30.9 Å². The van der Waals surface area contributed by atoms with Crippen molar-refractivity contribution in [1.29, 1.82) is 0 Å². The number of thioether (sulfide) groups is 1. The Morgan fingerprint density at radius 3 is 2.89 bits per heavy atom. The van der Waals surface area contributed by atoms with E-state index in [1.54, 1.807) is 12.1 Å². The standard InChI is InChI=1S/C13H16FNO2S/c14-10-3-5-12(6-4-10)18-9-13(16)15-8-11-2-1-7-17-11/h3-6,11H,1-2,7-9H2,(H,15,16)/t11-/m1/s1. The number of hydrogen-bond donors (Lipinski definition) is 1. The van der Waals surface area contributed by atoms with Crippen molar-refractivity contribution in [3.8, 4) is 0 Å². The Morgan fingerprint density at radius 1 is 1.44 bits per heavy atom. The van der Waals surface area contributed by atoms with Gasteiger partial charge in [0.25, 0.3) is 0 Å². The number of rotatable bonds is 5. The number of halogens is 1. The molecule has 1 amide bonds. The van der Waals surface area contributed by atoms with E-state index >= 15 is 0 Å². The monoisotopic (exact) mass is 269 g/mol. The Kier molecular flexibility index (Phi) is 5.01. The minimum Gasteiger partial charge on any atom is -0.376 e. The molecular formula is C13H16FNO2S. The zero-order valence-electron chi connectivity index (χ0n) is 10.0. The second kappa shape index (κ2) is 6.75. The van der Waals surface area contributed by atoms with E-state index in [4.69, 9.17) is 4.74 Å². The molecule has 0 spiro atoms. The van der Waals surface area contributed by atoms with E-state index in [9.17, 15) is 9.18 Å². The average Bonchev–Trinajstić information content (AvgIpc) is 2.89. The van der Waals surface area contributed by atoms with E-state index in [0.717, 1.165) is 24.3 Å². The van der Waals surface area contributed by atoms with Gasteiger partial charge in [0.05, 0.1) is 11.9 Å². The fourth-order valence-corrected chi connectivity index (χ4v) is 2.49. The molecule has 0 aromatic heterocycles. The van der Waals surface area contributed by atoms with E-state index in [1.807, 2.05) is 0 Å². The van der Waals surface area contributed by atoms with Gasteiger partial charge < -0.3 is 10.1 Å². The number of benzene rings is 1. The van der Waals surface area contributed by atoms with Gasteiger partial charge in [-0.05, 0) is 37.1 Å². The van der Waals surface area contributed by atoms with Crippen LogP contribution in [0.1, 0.15) is 12.8 Å². The molecule has 1 atom stereocenters. The molecule has 0 aliphatic carbocycles. The predicted molar refractivity (Wildman–Crippen MR) is 69.1 cm³/mol. The molecule has 1 aliphatic rings. The minimum atomic E-state index is -0.262. The molecule has 1 fully saturated rings. The summed E-state index contributed by atoms with van der Waals surface area (Å²) in [6.45, 7) is 1.38. The molecule has 1 aliphatic heterocycles. The number of carbonyl (C=O) groups is 1. The lowest BCUT2D eigenvalue weighted by Gasteiger charge is -2.10. The maximum absolute atomic E-state index is 12.7. The second-order valence-corrected chi connectivity index (χ2v) is 5.23. The van der Waals surface area contributed by atoms with Gasteiger partial charge in [-0.1, -0.05) is 0 Å². The van der Waals surface area contributed by atoms with Crippen molar-refractivity contribution in [2.24, 2.45) is 0 Å². The van der Waals surface area contributed by atoms with Crippen LogP contribution in [0.3, 0.4) is 0 Å². The number of amides is 1. The van der Waals surface area contributed by atoms with Crippen LogP contribution in [0.2, 0.25) is 0 Å². The smallest absolute Gasteiger partial charge is 0.230 e. The lowest BCUT2D eigenvalue weighted by Crippen LogP contribution is -2.32. The van der Waals surface area contributed by atoms with E-state index in [-0.39, 0.29) is 17.8 Å². The van der Waals surface area contributed by atoms with Crippen molar-refractivity contribution in [1.82, 2.24) is 5.32 Å². The lowest BCUT2D eigenvalue weighted by molar-refractivity contribution is -0.119. The largest absolute Gasteiger partial charge is 0.376 e. The summed E-state index contributed by atoms with van der Waals surface area (Å²) in [7, 11) is 0. The van der Waals surface area contributed by atoms with Gasteiger partial charge in [0.1, 0.15) is 5.82 Å². The molecule has 3 nitrogen and oxygen atoms in total. The van der Waals surface area contributed by atoms with Crippen molar-refractivity contribution < 1.29 is 13.9 Å². The van der Waals surface area contributed by atoms with Gasteiger partial charge in [-0.15, -0.1) is 11.8 Å². The van der Waals surface area contributed by atoms with Gasteiger partial charge in [-0.3, -0.25) is 4.79 Å². The molecule has 5 heteroatoms. The van der Waals surface area contributed by atoms with Crippen LogP contribution in [0.4, 0.5) is 4.39 Å². The Hall–Kier alpha value is -1.07. The van der Waals surface area contributed by atoms with E-state index in [0.29, 0.717) is 12.3 Å². The first-order chi connectivity index (χ1) is 8.74. The summed E-state index contributed by atoms with van der Waals surface area (Å²) < 4.78 is 18.1. The van der Waals surface area contributed by atoms with Gasteiger partial charge in [0.2, 0.25) is 5.91 Å². The summed E-state index contributed by atoms with van der Waals surface area (Å²) in [4.78, 5) is 12.5. The first-order valence-electron chi connectivity index (χ1n) is 6.01. The zero-order chi connectivity index (χ0) is 12.8. The van der Waals surface area contributed by atoms with E-state index < -0.39 is 0 Å². The molecule has 0 unspecified atom stereocenters. The SMILES string of the molecule is O=C(CSc1ccc(F)cc1)NC[C@H]1CCCO1. The van der Waals surface area contributed by atoms with Crippen LogP contribution >= 0.6 is 11.8 Å². The molecule has 1 heterocycles. The minimum absolute atomic E-state index is 0.0141. The molecule has 2 rings (SSSR count). The number of nitrogens with one attached hydrogen (secondary N) is 1. The first kappa shape index (κ1) is 13.4. The highest BCUT2D eigenvalue weighted by atomic mass is 32.2. The highest BCUT2D eigenvalue weighted by Gasteiger charge is 2.15.